The van der Waals surface area contributed by atoms with E-state index in [9.17, 15) is 5.11 Å². The highest BCUT2D eigenvalue weighted by atomic mass is 16.3. The number of phenols is 1. The lowest BCUT2D eigenvalue weighted by Crippen LogP contribution is -2.26. The topological polar surface area (TPSA) is 32.3 Å². The van der Waals surface area contributed by atoms with Crippen LogP contribution in [0.2, 0.25) is 0 Å². The summed E-state index contributed by atoms with van der Waals surface area (Å²) in [4.78, 5) is 0. The Kier molecular flexibility index (Phi) is 3.04. The minimum absolute atomic E-state index is 0.397. The van der Waals surface area contributed by atoms with Crippen LogP contribution in [0.1, 0.15) is 24.8 Å². The van der Waals surface area contributed by atoms with Crippen molar-refractivity contribution in [3.8, 4) is 5.75 Å². The predicted octanol–water partition coefficient (Wildman–Crippen LogP) is 2.28. The standard InChI is InChI=1S/C12H17NO/c14-12-7-2-1-6-11(12)9-13-8-10-4-3-5-10/h1-2,6-7,10,13-14H,3-5,8-9H2. The highest BCUT2D eigenvalue weighted by Gasteiger charge is 2.16. The Labute approximate surface area is 85.0 Å². The van der Waals surface area contributed by atoms with Crippen molar-refractivity contribution in [3.63, 3.8) is 0 Å². The van der Waals surface area contributed by atoms with Crippen molar-refractivity contribution in [1.82, 2.24) is 5.32 Å². The third-order valence-electron chi connectivity index (χ3n) is 2.96. The molecule has 1 aliphatic rings. The van der Waals surface area contributed by atoms with Gasteiger partial charge >= 0.3 is 0 Å². The van der Waals surface area contributed by atoms with Crippen molar-refractivity contribution in [2.24, 2.45) is 5.92 Å². The molecule has 1 aliphatic carbocycles. The van der Waals surface area contributed by atoms with Crippen LogP contribution in [0.25, 0.3) is 0 Å². The zero-order valence-corrected chi connectivity index (χ0v) is 8.37. The van der Waals surface area contributed by atoms with Gasteiger partial charge in [-0.15, -0.1) is 0 Å². The first-order chi connectivity index (χ1) is 6.86. The lowest BCUT2D eigenvalue weighted by atomic mass is 9.85. The zero-order valence-electron chi connectivity index (χ0n) is 8.37. The van der Waals surface area contributed by atoms with E-state index >= 15 is 0 Å². The van der Waals surface area contributed by atoms with Crippen LogP contribution >= 0.6 is 0 Å². The quantitative estimate of drug-likeness (QED) is 0.765. The number of benzene rings is 1. The van der Waals surface area contributed by atoms with E-state index in [1.165, 1.54) is 19.3 Å². The van der Waals surface area contributed by atoms with E-state index in [2.05, 4.69) is 5.32 Å². The third-order valence-corrected chi connectivity index (χ3v) is 2.96. The molecule has 0 bridgehead atoms. The maximum atomic E-state index is 9.51. The van der Waals surface area contributed by atoms with Gasteiger partial charge in [0.25, 0.3) is 0 Å². The SMILES string of the molecule is Oc1ccccc1CNCC1CCC1. The van der Waals surface area contributed by atoms with Gasteiger partial charge in [-0.25, -0.2) is 0 Å². The molecule has 2 rings (SSSR count). The van der Waals surface area contributed by atoms with E-state index in [-0.39, 0.29) is 0 Å². The highest BCUT2D eigenvalue weighted by molar-refractivity contribution is 5.31. The maximum absolute atomic E-state index is 9.51. The Bertz CT molecular complexity index is 294. The Morgan fingerprint density at radius 1 is 1.29 bits per heavy atom. The molecule has 1 saturated carbocycles. The molecule has 2 nitrogen and oxygen atoms in total. The van der Waals surface area contributed by atoms with Crippen LogP contribution < -0.4 is 5.32 Å². The number of hydrogen-bond donors (Lipinski definition) is 2. The second-order valence-electron chi connectivity index (χ2n) is 4.06. The lowest BCUT2D eigenvalue weighted by molar-refractivity contribution is 0.300. The molecule has 0 atom stereocenters. The molecule has 0 aromatic heterocycles. The fourth-order valence-electron chi connectivity index (χ4n) is 1.77. The Morgan fingerprint density at radius 3 is 2.71 bits per heavy atom. The molecular weight excluding hydrogens is 174 g/mol. The average Bonchev–Trinajstić information content (AvgIpc) is 2.12. The predicted molar refractivity (Wildman–Crippen MR) is 57.2 cm³/mol. The molecule has 0 radical (unpaired) electrons. The fourth-order valence-corrected chi connectivity index (χ4v) is 1.77. The second kappa shape index (κ2) is 4.47. The normalized spacial score (nSPS) is 16.6. The Morgan fingerprint density at radius 2 is 2.07 bits per heavy atom. The van der Waals surface area contributed by atoms with Crippen molar-refractivity contribution in [2.75, 3.05) is 6.54 Å². The van der Waals surface area contributed by atoms with Crippen LogP contribution in [0, 0.1) is 5.92 Å². The summed E-state index contributed by atoms with van der Waals surface area (Å²) in [6, 6.07) is 7.51. The first-order valence-electron chi connectivity index (χ1n) is 5.34. The molecule has 0 aliphatic heterocycles. The summed E-state index contributed by atoms with van der Waals surface area (Å²) in [6.07, 6.45) is 4.13. The van der Waals surface area contributed by atoms with Crippen LogP contribution in [0.5, 0.6) is 5.75 Å². The van der Waals surface area contributed by atoms with Crippen LogP contribution in [0.15, 0.2) is 24.3 Å². The van der Waals surface area contributed by atoms with Gasteiger partial charge < -0.3 is 10.4 Å². The lowest BCUT2D eigenvalue weighted by Gasteiger charge is -2.25. The van der Waals surface area contributed by atoms with Gasteiger partial charge in [-0.05, 0) is 31.4 Å². The van der Waals surface area contributed by atoms with Crippen LogP contribution in [-0.4, -0.2) is 11.7 Å². The van der Waals surface area contributed by atoms with Crippen molar-refractivity contribution < 1.29 is 5.11 Å². The summed E-state index contributed by atoms with van der Waals surface area (Å²) in [7, 11) is 0. The van der Waals surface area contributed by atoms with Crippen molar-refractivity contribution in [1.29, 1.82) is 0 Å². The van der Waals surface area contributed by atoms with Crippen molar-refractivity contribution in [2.45, 2.75) is 25.8 Å². The minimum Gasteiger partial charge on any atom is -0.508 e. The molecule has 2 N–H and O–H groups in total. The maximum Gasteiger partial charge on any atom is 0.120 e. The van der Waals surface area contributed by atoms with Gasteiger partial charge in [0.15, 0.2) is 0 Å². The average molecular weight is 191 g/mol. The van der Waals surface area contributed by atoms with Gasteiger partial charge in [0.2, 0.25) is 0 Å². The molecule has 0 heterocycles. The van der Waals surface area contributed by atoms with E-state index in [1.54, 1.807) is 6.07 Å². The summed E-state index contributed by atoms with van der Waals surface area (Å²) in [5, 5.41) is 12.9. The smallest absolute Gasteiger partial charge is 0.120 e. The van der Waals surface area contributed by atoms with Gasteiger partial charge in [-0.2, -0.15) is 0 Å². The summed E-state index contributed by atoms with van der Waals surface area (Å²) in [5.74, 6) is 1.27. The first-order valence-corrected chi connectivity index (χ1v) is 5.34. The molecule has 1 fully saturated rings. The monoisotopic (exact) mass is 191 g/mol. The van der Waals surface area contributed by atoms with E-state index in [0.717, 1.165) is 24.6 Å². The number of nitrogens with one attached hydrogen (secondary N) is 1. The summed E-state index contributed by atoms with van der Waals surface area (Å²) in [6.45, 7) is 1.87. The Hall–Kier alpha value is -1.02. The Balaban J connectivity index is 1.76. The molecular formula is C12H17NO. The van der Waals surface area contributed by atoms with E-state index < -0.39 is 0 Å². The molecule has 0 amide bonds. The molecule has 0 unspecified atom stereocenters. The molecule has 0 saturated heterocycles. The van der Waals surface area contributed by atoms with E-state index in [1.807, 2.05) is 18.2 Å². The van der Waals surface area contributed by atoms with Gasteiger partial charge in [-0.1, -0.05) is 24.6 Å². The number of para-hydroxylation sites is 1. The molecule has 0 spiro atoms. The largest absolute Gasteiger partial charge is 0.508 e. The molecule has 76 valence electrons. The van der Waals surface area contributed by atoms with Crippen molar-refractivity contribution in [3.05, 3.63) is 29.8 Å². The van der Waals surface area contributed by atoms with Crippen LogP contribution in [0.3, 0.4) is 0 Å². The summed E-state index contributed by atoms with van der Waals surface area (Å²) >= 11 is 0. The molecule has 14 heavy (non-hydrogen) atoms. The molecule has 1 aromatic carbocycles. The molecule has 2 heteroatoms. The van der Waals surface area contributed by atoms with E-state index in [4.69, 9.17) is 0 Å². The first kappa shape index (κ1) is 9.53. The van der Waals surface area contributed by atoms with Crippen LogP contribution in [-0.2, 0) is 6.54 Å². The van der Waals surface area contributed by atoms with Crippen LogP contribution in [0.4, 0.5) is 0 Å². The number of hydrogen-bond acceptors (Lipinski definition) is 2. The van der Waals surface area contributed by atoms with Crippen molar-refractivity contribution >= 4 is 0 Å². The van der Waals surface area contributed by atoms with Gasteiger partial charge in [0.1, 0.15) is 5.75 Å². The fraction of sp³-hybridized carbons (Fsp3) is 0.500. The number of rotatable bonds is 4. The second-order valence-corrected chi connectivity index (χ2v) is 4.06. The van der Waals surface area contributed by atoms with Gasteiger partial charge in [0.05, 0.1) is 0 Å². The number of phenolic OH excluding ortho intramolecular Hbond substituents is 1. The number of aromatic hydroxyl groups is 1. The third kappa shape index (κ3) is 2.26. The summed E-state index contributed by atoms with van der Waals surface area (Å²) in [5.41, 5.74) is 0.992. The van der Waals surface area contributed by atoms with E-state index in [0.29, 0.717) is 5.75 Å². The highest BCUT2D eigenvalue weighted by Crippen LogP contribution is 2.25. The molecule has 1 aromatic rings. The van der Waals surface area contributed by atoms with Gasteiger partial charge in [-0.3, -0.25) is 0 Å². The minimum atomic E-state index is 0.397. The van der Waals surface area contributed by atoms with Gasteiger partial charge in [0, 0.05) is 12.1 Å². The summed E-state index contributed by atoms with van der Waals surface area (Å²) < 4.78 is 0. The zero-order chi connectivity index (χ0) is 9.80.